The summed E-state index contributed by atoms with van der Waals surface area (Å²) in [5.74, 6) is -1.26. The lowest BCUT2D eigenvalue weighted by Crippen LogP contribution is -2.25. The number of hydrogen-bond donors (Lipinski definition) is 2. The fraction of sp³-hybridized carbons (Fsp3) is 0.250. The van der Waals surface area contributed by atoms with Crippen molar-refractivity contribution < 1.29 is 18.3 Å². The Hall–Kier alpha value is -2.06. The van der Waals surface area contributed by atoms with Crippen LogP contribution in [0.5, 0.6) is 0 Å². The van der Waals surface area contributed by atoms with Gasteiger partial charge in [-0.05, 0) is 42.3 Å². The van der Waals surface area contributed by atoms with Crippen LogP contribution in [-0.4, -0.2) is 19.6 Å². The van der Waals surface area contributed by atoms with E-state index < -0.39 is 17.5 Å². The molecule has 4 rings (SSSR count). The fourth-order valence-electron chi connectivity index (χ4n) is 3.44. The van der Waals surface area contributed by atoms with Gasteiger partial charge in [0.2, 0.25) is 0 Å². The molecule has 1 aliphatic rings. The van der Waals surface area contributed by atoms with Crippen LogP contribution >= 0.6 is 23.7 Å². The number of benzene rings is 2. The number of fused-ring (bicyclic) bond motifs is 2. The van der Waals surface area contributed by atoms with Gasteiger partial charge in [-0.3, -0.25) is 4.79 Å². The van der Waals surface area contributed by atoms with E-state index in [9.17, 15) is 13.6 Å². The molecule has 0 fully saturated rings. The van der Waals surface area contributed by atoms with Crippen molar-refractivity contribution in [1.82, 2.24) is 5.32 Å². The van der Waals surface area contributed by atoms with Crippen molar-refractivity contribution in [1.29, 1.82) is 0 Å². The summed E-state index contributed by atoms with van der Waals surface area (Å²) in [4.78, 5) is 13.2. The molecule has 0 bridgehead atoms. The molecule has 0 radical (unpaired) electrons. The molecule has 2 aromatic carbocycles. The molecule has 28 heavy (non-hydrogen) atoms. The number of ether oxygens (including phenoxy) is 1. The number of anilines is 1. The summed E-state index contributed by atoms with van der Waals surface area (Å²) < 4.78 is 34.9. The normalized spacial score (nSPS) is 13.1. The van der Waals surface area contributed by atoms with E-state index in [1.54, 1.807) is 18.2 Å². The van der Waals surface area contributed by atoms with Crippen LogP contribution < -0.4 is 10.6 Å². The maximum absolute atomic E-state index is 14.8. The molecule has 0 unspecified atom stereocenters. The molecule has 4 nitrogen and oxygen atoms in total. The predicted octanol–water partition coefficient (Wildman–Crippen LogP) is 4.65. The third kappa shape index (κ3) is 3.63. The number of halogens is 3. The number of methoxy groups -OCH3 is 1. The van der Waals surface area contributed by atoms with Gasteiger partial charge in [0.1, 0.15) is 11.6 Å². The van der Waals surface area contributed by atoms with Crippen LogP contribution in [0.4, 0.5) is 14.5 Å². The van der Waals surface area contributed by atoms with Crippen LogP contribution in [0.1, 0.15) is 26.4 Å². The highest BCUT2D eigenvalue weighted by atomic mass is 35.5. The van der Waals surface area contributed by atoms with Crippen LogP contribution in [0.2, 0.25) is 0 Å². The van der Waals surface area contributed by atoms with Crippen LogP contribution in [0.3, 0.4) is 0 Å². The third-order valence-electron chi connectivity index (χ3n) is 4.71. The molecule has 0 saturated heterocycles. The highest BCUT2D eigenvalue weighted by Crippen LogP contribution is 2.34. The van der Waals surface area contributed by atoms with Gasteiger partial charge in [-0.25, -0.2) is 8.78 Å². The highest BCUT2D eigenvalue weighted by molar-refractivity contribution is 7.21. The van der Waals surface area contributed by atoms with Gasteiger partial charge < -0.3 is 15.4 Å². The lowest BCUT2D eigenvalue weighted by molar-refractivity contribution is 0.102. The lowest BCUT2D eigenvalue weighted by Gasteiger charge is -2.19. The minimum atomic E-state index is -0.463. The van der Waals surface area contributed by atoms with Gasteiger partial charge >= 0.3 is 0 Å². The van der Waals surface area contributed by atoms with Crippen molar-refractivity contribution in [3.05, 3.63) is 63.5 Å². The van der Waals surface area contributed by atoms with Gasteiger partial charge in [0.15, 0.2) is 0 Å². The quantitative estimate of drug-likeness (QED) is 0.641. The molecular formula is C20H19ClF2N2O2S. The monoisotopic (exact) mass is 424 g/mol. The number of hydrogen-bond acceptors (Lipinski definition) is 4. The number of thiophene rings is 1. The highest BCUT2D eigenvalue weighted by Gasteiger charge is 2.23. The van der Waals surface area contributed by atoms with Crippen molar-refractivity contribution in [2.24, 2.45) is 0 Å². The van der Waals surface area contributed by atoms with E-state index >= 15 is 0 Å². The summed E-state index contributed by atoms with van der Waals surface area (Å²) >= 11 is 1.18. The molecule has 8 heteroatoms. The zero-order valence-corrected chi connectivity index (χ0v) is 16.7. The first kappa shape index (κ1) is 20.7. The summed E-state index contributed by atoms with van der Waals surface area (Å²) in [6, 6.07) is 8.10. The van der Waals surface area contributed by atoms with E-state index in [1.807, 2.05) is 6.07 Å². The maximum atomic E-state index is 14.8. The molecule has 1 aliphatic heterocycles. The average Bonchev–Trinajstić information content (AvgIpc) is 3.04. The Morgan fingerprint density at radius 3 is 2.89 bits per heavy atom. The van der Waals surface area contributed by atoms with Crippen molar-refractivity contribution in [2.75, 3.05) is 19.0 Å². The van der Waals surface area contributed by atoms with E-state index in [-0.39, 0.29) is 24.7 Å². The molecule has 0 saturated carbocycles. The third-order valence-corrected chi connectivity index (χ3v) is 5.91. The van der Waals surface area contributed by atoms with E-state index in [2.05, 4.69) is 10.6 Å². The minimum absolute atomic E-state index is 0. The van der Waals surface area contributed by atoms with E-state index in [0.29, 0.717) is 45.6 Å². The first-order valence-corrected chi connectivity index (χ1v) is 9.43. The molecule has 2 N–H and O–H groups in total. The molecule has 2 heterocycles. The summed E-state index contributed by atoms with van der Waals surface area (Å²) in [6.45, 7) is 1.42. The smallest absolute Gasteiger partial charge is 0.266 e. The predicted molar refractivity (Wildman–Crippen MR) is 110 cm³/mol. The number of carbonyl (C=O) groups is 1. The maximum Gasteiger partial charge on any atom is 0.266 e. The van der Waals surface area contributed by atoms with Gasteiger partial charge in [-0.1, -0.05) is 12.1 Å². The van der Waals surface area contributed by atoms with Crippen molar-refractivity contribution in [2.45, 2.75) is 19.6 Å². The van der Waals surface area contributed by atoms with Crippen molar-refractivity contribution >= 4 is 45.4 Å². The Kier molecular flexibility index (Phi) is 6.30. The Labute approximate surface area is 171 Å². The largest absolute Gasteiger partial charge is 0.380 e. The SMILES string of the molecule is COCc1c(C(=O)Nc2ccc3c(c2F)CCNC3)sc2cccc(F)c12.Cl. The van der Waals surface area contributed by atoms with Gasteiger partial charge in [-0.15, -0.1) is 23.7 Å². The number of nitrogens with one attached hydrogen (secondary N) is 2. The van der Waals surface area contributed by atoms with Crippen LogP contribution in [0.15, 0.2) is 30.3 Å². The van der Waals surface area contributed by atoms with E-state index in [4.69, 9.17) is 4.74 Å². The average molecular weight is 425 g/mol. The molecule has 1 aromatic heterocycles. The molecule has 148 valence electrons. The second-order valence-electron chi connectivity index (χ2n) is 6.40. The zero-order valence-electron chi connectivity index (χ0n) is 15.1. The Bertz CT molecular complexity index is 1040. The minimum Gasteiger partial charge on any atom is -0.380 e. The zero-order chi connectivity index (χ0) is 19.0. The lowest BCUT2D eigenvalue weighted by atomic mass is 9.99. The molecule has 0 aliphatic carbocycles. The molecule has 0 atom stereocenters. The summed E-state index contributed by atoms with van der Waals surface area (Å²) in [6.07, 6.45) is 0.577. The van der Waals surface area contributed by atoms with Gasteiger partial charge in [-0.2, -0.15) is 0 Å². The van der Waals surface area contributed by atoms with Crippen molar-refractivity contribution in [3.63, 3.8) is 0 Å². The van der Waals surface area contributed by atoms with Crippen molar-refractivity contribution in [3.8, 4) is 0 Å². The van der Waals surface area contributed by atoms with Gasteiger partial charge in [0.05, 0.1) is 17.2 Å². The number of rotatable bonds is 4. The number of amides is 1. The fourth-order valence-corrected chi connectivity index (χ4v) is 4.56. The molecule has 3 aromatic rings. The first-order valence-electron chi connectivity index (χ1n) is 8.61. The Morgan fingerprint density at radius 2 is 2.11 bits per heavy atom. The topological polar surface area (TPSA) is 50.4 Å². The Morgan fingerprint density at radius 1 is 1.29 bits per heavy atom. The molecule has 1 amide bonds. The van der Waals surface area contributed by atoms with Crippen LogP contribution in [0, 0.1) is 11.6 Å². The number of carbonyl (C=O) groups excluding carboxylic acids is 1. The second kappa shape index (κ2) is 8.53. The standard InChI is InChI=1S/C20H18F2N2O2S.ClH/c1-26-10-13-17-14(21)3-2-4-16(17)27-19(13)20(25)24-15-6-5-11-9-23-8-7-12(11)18(15)22;/h2-6,23H,7-10H2,1H3,(H,24,25);1H. The van der Waals surface area contributed by atoms with Crippen LogP contribution in [-0.2, 0) is 24.3 Å². The van der Waals surface area contributed by atoms with E-state index in [0.717, 1.165) is 5.56 Å². The molecule has 0 spiro atoms. The molecular weight excluding hydrogens is 406 g/mol. The first-order chi connectivity index (χ1) is 13.1. The summed E-state index contributed by atoms with van der Waals surface area (Å²) in [7, 11) is 1.49. The summed E-state index contributed by atoms with van der Waals surface area (Å²) in [5.41, 5.74) is 2.16. The van der Waals surface area contributed by atoms with Gasteiger partial charge in [0.25, 0.3) is 5.91 Å². The van der Waals surface area contributed by atoms with Gasteiger partial charge in [0, 0.05) is 29.3 Å². The van der Waals surface area contributed by atoms with Crippen LogP contribution in [0.25, 0.3) is 10.1 Å². The second-order valence-corrected chi connectivity index (χ2v) is 7.45. The Balaban J connectivity index is 0.00000225. The van der Waals surface area contributed by atoms with E-state index in [1.165, 1.54) is 24.5 Å². The summed E-state index contributed by atoms with van der Waals surface area (Å²) in [5, 5.41) is 6.23.